The van der Waals surface area contributed by atoms with Crippen LogP contribution in [-0.2, 0) is 4.74 Å². The van der Waals surface area contributed by atoms with Crippen molar-refractivity contribution in [1.82, 2.24) is 0 Å². The molecule has 0 fully saturated rings. The quantitative estimate of drug-likeness (QED) is 0.708. The van der Waals surface area contributed by atoms with Gasteiger partial charge in [0.1, 0.15) is 5.82 Å². The van der Waals surface area contributed by atoms with E-state index in [2.05, 4.69) is 12.2 Å². The Morgan fingerprint density at radius 1 is 1.53 bits per heavy atom. The molecule has 0 aliphatic rings. The smallest absolute Gasteiger partial charge is 0.147 e. The number of rotatable bonds is 8. The van der Waals surface area contributed by atoms with Crippen LogP contribution in [0.15, 0.2) is 18.2 Å². The summed E-state index contributed by atoms with van der Waals surface area (Å²) in [5, 5.41) is 21.0. The lowest BCUT2D eigenvalue weighted by molar-refractivity contribution is 0.0421. The average molecular weight is 266 g/mol. The molecule has 1 atom stereocenters. The summed E-state index contributed by atoms with van der Waals surface area (Å²) in [4.78, 5) is 0. The average Bonchev–Trinajstić information content (AvgIpc) is 2.42. The number of nitriles is 1. The topological polar surface area (TPSA) is 65.3 Å². The van der Waals surface area contributed by atoms with Gasteiger partial charge in [0, 0.05) is 13.2 Å². The van der Waals surface area contributed by atoms with Gasteiger partial charge in [-0.15, -0.1) is 0 Å². The van der Waals surface area contributed by atoms with Gasteiger partial charge in [0.25, 0.3) is 0 Å². The summed E-state index contributed by atoms with van der Waals surface area (Å²) >= 11 is 0. The molecule has 19 heavy (non-hydrogen) atoms. The van der Waals surface area contributed by atoms with Gasteiger partial charge in [0.05, 0.1) is 30.0 Å². The zero-order chi connectivity index (χ0) is 14.1. The number of unbranched alkanes of at least 4 members (excludes halogenated alkanes) is 1. The highest BCUT2D eigenvalue weighted by atomic mass is 19.1. The second kappa shape index (κ2) is 8.46. The second-order valence-electron chi connectivity index (χ2n) is 4.27. The minimum absolute atomic E-state index is 0.203. The molecule has 5 heteroatoms. The Morgan fingerprint density at radius 3 is 2.95 bits per heavy atom. The number of ether oxygens (including phenoxy) is 1. The maximum atomic E-state index is 13.5. The summed E-state index contributed by atoms with van der Waals surface area (Å²) in [5.74, 6) is -0.502. The Hall–Kier alpha value is -1.64. The zero-order valence-electron chi connectivity index (χ0n) is 11.0. The van der Waals surface area contributed by atoms with Crippen LogP contribution in [0.4, 0.5) is 10.1 Å². The third kappa shape index (κ3) is 5.69. The fraction of sp³-hybridized carbons (Fsp3) is 0.500. The first-order chi connectivity index (χ1) is 9.17. The Morgan fingerprint density at radius 2 is 2.32 bits per heavy atom. The normalized spacial score (nSPS) is 11.9. The Balaban J connectivity index is 2.34. The monoisotopic (exact) mass is 266 g/mol. The molecule has 104 valence electrons. The van der Waals surface area contributed by atoms with Gasteiger partial charge in [-0.25, -0.2) is 4.39 Å². The van der Waals surface area contributed by atoms with Gasteiger partial charge in [-0.05, 0) is 24.6 Å². The van der Waals surface area contributed by atoms with E-state index in [-0.39, 0.29) is 24.4 Å². The van der Waals surface area contributed by atoms with E-state index in [1.165, 1.54) is 12.1 Å². The summed E-state index contributed by atoms with van der Waals surface area (Å²) in [7, 11) is 0. The van der Waals surface area contributed by atoms with Crippen molar-refractivity contribution in [2.45, 2.75) is 25.9 Å². The predicted molar refractivity (Wildman–Crippen MR) is 71.3 cm³/mol. The van der Waals surface area contributed by atoms with Crippen LogP contribution in [0, 0.1) is 17.1 Å². The lowest BCUT2D eigenvalue weighted by Gasteiger charge is -2.13. The summed E-state index contributed by atoms with van der Waals surface area (Å²) in [6.07, 6.45) is 1.32. The van der Waals surface area contributed by atoms with E-state index < -0.39 is 11.9 Å². The third-order valence-electron chi connectivity index (χ3n) is 2.58. The molecule has 1 unspecified atom stereocenters. The van der Waals surface area contributed by atoms with Crippen LogP contribution in [0.25, 0.3) is 0 Å². The Labute approximate surface area is 112 Å². The summed E-state index contributed by atoms with van der Waals surface area (Å²) in [5.41, 5.74) is 0.540. The minimum Gasteiger partial charge on any atom is -0.389 e. The van der Waals surface area contributed by atoms with Gasteiger partial charge < -0.3 is 15.2 Å². The van der Waals surface area contributed by atoms with Crippen molar-refractivity contribution in [2.24, 2.45) is 0 Å². The largest absolute Gasteiger partial charge is 0.389 e. The molecule has 0 radical (unpaired) electrons. The summed E-state index contributed by atoms with van der Waals surface area (Å²) in [6.45, 7) is 3.12. The van der Waals surface area contributed by atoms with E-state index in [1.807, 2.05) is 6.07 Å². The van der Waals surface area contributed by atoms with Gasteiger partial charge in [0.2, 0.25) is 0 Å². The number of hydrogen-bond donors (Lipinski definition) is 2. The number of aliphatic hydroxyl groups is 1. The van der Waals surface area contributed by atoms with Crippen LogP contribution in [0.2, 0.25) is 0 Å². The highest BCUT2D eigenvalue weighted by molar-refractivity contribution is 5.48. The molecular weight excluding hydrogens is 247 g/mol. The number of anilines is 1. The highest BCUT2D eigenvalue weighted by Gasteiger charge is 2.07. The first-order valence-electron chi connectivity index (χ1n) is 6.36. The van der Waals surface area contributed by atoms with Crippen LogP contribution in [0.5, 0.6) is 0 Å². The van der Waals surface area contributed by atoms with Crippen molar-refractivity contribution >= 4 is 5.69 Å². The molecule has 1 aromatic rings. The van der Waals surface area contributed by atoms with Crippen LogP contribution >= 0.6 is 0 Å². The molecular formula is C14H19FN2O2. The lowest BCUT2D eigenvalue weighted by Crippen LogP contribution is -2.25. The zero-order valence-corrected chi connectivity index (χ0v) is 11.0. The molecule has 1 aromatic carbocycles. The first-order valence-corrected chi connectivity index (χ1v) is 6.36. The number of nitrogens with one attached hydrogen (secondary N) is 1. The number of hydrogen-bond acceptors (Lipinski definition) is 4. The molecule has 0 amide bonds. The van der Waals surface area contributed by atoms with Crippen LogP contribution in [-0.4, -0.2) is 31.0 Å². The van der Waals surface area contributed by atoms with E-state index in [0.717, 1.165) is 18.9 Å². The summed E-state index contributed by atoms with van der Waals surface area (Å²) < 4.78 is 18.8. The third-order valence-corrected chi connectivity index (χ3v) is 2.58. The molecule has 2 N–H and O–H groups in total. The molecule has 0 aliphatic carbocycles. The van der Waals surface area contributed by atoms with E-state index in [4.69, 9.17) is 10.00 Å². The predicted octanol–water partition coefficient (Wildman–Crippen LogP) is 2.29. The molecule has 0 heterocycles. The minimum atomic E-state index is -0.688. The van der Waals surface area contributed by atoms with Crippen molar-refractivity contribution < 1.29 is 14.2 Å². The van der Waals surface area contributed by atoms with Crippen LogP contribution < -0.4 is 5.32 Å². The fourth-order valence-electron chi connectivity index (χ4n) is 1.48. The molecule has 0 saturated carbocycles. The highest BCUT2D eigenvalue weighted by Crippen LogP contribution is 2.15. The Bertz CT molecular complexity index is 432. The number of nitrogens with zero attached hydrogens (tertiary/aromatic N) is 1. The van der Waals surface area contributed by atoms with Crippen LogP contribution in [0.1, 0.15) is 25.3 Å². The van der Waals surface area contributed by atoms with E-state index in [0.29, 0.717) is 6.61 Å². The van der Waals surface area contributed by atoms with Gasteiger partial charge >= 0.3 is 0 Å². The molecule has 4 nitrogen and oxygen atoms in total. The number of benzene rings is 1. The Kier molecular flexibility index (Phi) is 6.86. The lowest BCUT2D eigenvalue weighted by atomic mass is 10.2. The first kappa shape index (κ1) is 15.4. The van der Waals surface area contributed by atoms with E-state index in [1.54, 1.807) is 0 Å². The van der Waals surface area contributed by atoms with Crippen molar-refractivity contribution in [1.29, 1.82) is 5.26 Å². The van der Waals surface area contributed by atoms with E-state index >= 15 is 0 Å². The second-order valence-corrected chi connectivity index (χ2v) is 4.27. The van der Waals surface area contributed by atoms with E-state index in [9.17, 15) is 9.50 Å². The molecule has 0 bridgehead atoms. The van der Waals surface area contributed by atoms with Crippen molar-refractivity contribution in [3.8, 4) is 6.07 Å². The van der Waals surface area contributed by atoms with Crippen molar-refractivity contribution in [2.75, 3.05) is 25.1 Å². The van der Waals surface area contributed by atoms with Gasteiger partial charge in [-0.2, -0.15) is 5.26 Å². The van der Waals surface area contributed by atoms with Gasteiger partial charge in [-0.1, -0.05) is 13.3 Å². The van der Waals surface area contributed by atoms with Gasteiger partial charge in [-0.3, -0.25) is 0 Å². The molecule has 1 rings (SSSR count). The number of aliphatic hydroxyl groups excluding tert-OH is 1. The maximum absolute atomic E-state index is 13.5. The molecule has 0 saturated heterocycles. The molecule has 0 aliphatic heterocycles. The fourth-order valence-corrected chi connectivity index (χ4v) is 1.48. The summed E-state index contributed by atoms with van der Waals surface area (Å²) in [6, 6.07) is 6.03. The molecule has 0 aromatic heterocycles. The SMILES string of the molecule is CCCCOCC(O)CNc1ccc(C#N)cc1F. The standard InChI is InChI=1S/C14H19FN2O2/c1-2-3-6-19-10-12(18)9-17-14-5-4-11(8-16)7-13(14)15/h4-5,7,12,17-18H,2-3,6,9-10H2,1H3. The van der Waals surface area contributed by atoms with Gasteiger partial charge in [0.15, 0.2) is 0 Å². The molecule has 0 spiro atoms. The van der Waals surface area contributed by atoms with Crippen LogP contribution in [0.3, 0.4) is 0 Å². The number of halogens is 1. The van der Waals surface area contributed by atoms with Crippen molar-refractivity contribution in [3.05, 3.63) is 29.6 Å². The van der Waals surface area contributed by atoms with Crippen molar-refractivity contribution in [3.63, 3.8) is 0 Å². The maximum Gasteiger partial charge on any atom is 0.147 e.